The molecule has 0 saturated heterocycles. The van der Waals surface area contributed by atoms with Crippen LogP contribution in [-0.2, 0) is 43.5 Å². The highest BCUT2D eigenvalue weighted by molar-refractivity contribution is 7.14. The number of aliphatic hydroxyl groups is 1. The number of nitrogens with zero attached hydrogens (tertiary/aromatic N) is 5. The number of benzene rings is 1. The number of thiophene rings is 1. The predicted octanol–water partition coefficient (Wildman–Crippen LogP) is 4.37. The van der Waals surface area contributed by atoms with Crippen LogP contribution < -0.4 is 15.8 Å². The zero-order valence-electron chi connectivity index (χ0n) is 24.4. The molecule has 10 nitrogen and oxygen atoms in total. The quantitative estimate of drug-likeness (QED) is 0.359. The van der Waals surface area contributed by atoms with Gasteiger partial charge in [0.25, 0.3) is 11.5 Å². The van der Waals surface area contributed by atoms with Crippen LogP contribution in [0.1, 0.15) is 59.1 Å². The van der Waals surface area contributed by atoms with Crippen molar-refractivity contribution in [1.29, 1.82) is 0 Å². The van der Waals surface area contributed by atoms with E-state index in [4.69, 9.17) is 0 Å². The molecule has 0 atom stereocenters. The zero-order chi connectivity index (χ0) is 29.9. The first-order valence-electron chi connectivity index (χ1n) is 13.9. The molecule has 5 heterocycles. The Morgan fingerprint density at radius 2 is 1.90 bits per heavy atom. The van der Waals surface area contributed by atoms with Crippen molar-refractivity contribution in [1.82, 2.24) is 19.2 Å². The lowest BCUT2D eigenvalue weighted by molar-refractivity contribution is -0.130. The van der Waals surface area contributed by atoms with Crippen molar-refractivity contribution in [3.8, 4) is 11.1 Å². The van der Waals surface area contributed by atoms with Gasteiger partial charge in [0.2, 0.25) is 5.91 Å². The van der Waals surface area contributed by atoms with Gasteiger partial charge in [0.1, 0.15) is 5.69 Å². The van der Waals surface area contributed by atoms with E-state index in [2.05, 4.69) is 37.3 Å². The number of carbonyl (C=O) groups excluding carboxylic acids is 2. The molecule has 2 amide bonds. The van der Waals surface area contributed by atoms with E-state index in [0.29, 0.717) is 54.5 Å². The highest BCUT2D eigenvalue weighted by atomic mass is 32.1. The lowest BCUT2D eigenvalue weighted by Crippen LogP contribution is -2.36. The number of hydrogen-bond acceptors (Lipinski definition) is 7. The van der Waals surface area contributed by atoms with Gasteiger partial charge in [-0.15, -0.1) is 11.3 Å². The van der Waals surface area contributed by atoms with Crippen LogP contribution in [0.4, 0.5) is 17.2 Å². The van der Waals surface area contributed by atoms with Gasteiger partial charge in [-0.25, -0.2) is 0 Å². The predicted molar refractivity (Wildman–Crippen MR) is 163 cm³/mol. The largest absolute Gasteiger partial charge is 0.392 e. The number of rotatable bonds is 5. The number of fused-ring (bicyclic) bond motifs is 2. The number of anilines is 3. The van der Waals surface area contributed by atoms with Gasteiger partial charge >= 0.3 is 0 Å². The molecule has 42 heavy (non-hydrogen) atoms. The monoisotopic (exact) mass is 586 g/mol. The summed E-state index contributed by atoms with van der Waals surface area (Å²) in [6.45, 7) is 9.79. The highest BCUT2D eigenvalue weighted by Crippen LogP contribution is 2.41. The molecule has 0 bridgehead atoms. The molecular weight excluding hydrogens is 552 g/mol. The number of hydrogen-bond donors (Lipinski definition) is 2. The second kappa shape index (κ2) is 10.2. The van der Waals surface area contributed by atoms with Gasteiger partial charge in [0.15, 0.2) is 5.82 Å². The minimum atomic E-state index is -0.276. The van der Waals surface area contributed by atoms with E-state index >= 15 is 0 Å². The Hall–Kier alpha value is -4.22. The second-order valence-corrected chi connectivity index (χ2v) is 13.0. The van der Waals surface area contributed by atoms with Gasteiger partial charge < -0.3 is 24.8 Å². The maximum Gasteiger partial charge on any atom is 0.274 e. The molecule has 0 spiro atoms. The first kappa shape index (κ1) is 27.9. The average Bonchev–Trinajstić information content (AvgIpc) is 3.63. The molecule has 3 aromatic heterocycles. The number of aliphatic hydroxyl groups excluding tert-OH is 1. The number of aromatic nitrogens is 3. The topological polar surface area (TPSA) is 113 Å². The second-order valence-electron chi connectivity index (χ2n) is 11.9. The molecular formula is C31H34N6O4S. The van der Waals surface area contributed by atoms with Gasteiger partial charge in [-0.1, -0.05) is 32.9 Å². The van der Waals surface area contributed by atoms with Crippen molar-refractivity contribution in [3.63, 3.8) is 0 Å². The first-order chi connectivity index (χ1) is 19.9. The summed E-state index contributed by atoms with van der Waals surface area (Å²) in [5.74, 6) is 0.470. The van der Waals surface area contributed by atoms with Crippen LogP contribution in [0.3, 0.4) is 0 Å². The average molecular weight is 587 g/mol. The maximum absolute atomic E-state index is 13.5. The summed E-state index contributed by atoms with van der Waals surface area (Å²) in [4.78, 5) is 43.9. The molecule has 0 unspecified atom stereocenters. The Kier molecular flexibility index (Phi) is 6.81. The zero-order valence-corrected chi connectivity index (χ0v) is 25.2. The molecule has 0 saturated carbocycles. The maximum atomic E-state index is 13.5. The van der Waals surface area contributed by atoms with Gasteiger partial charge in [-0.2, -0.15) is 5.10 Å². The van der Waals surface area contributed by atoms with E-state index < -0.39 is 0 Å². The molecule has 0 radical (unpaired) electrons. The van der Waals surface area contributed by atoms with E-state index in [0.717, 1.165) is 21.7 Å². The van der Waals surface area contributed by atoms with Crippen molar-refractivity contribution in [2.45, 2.75) is 59.4 Å². The van der Waals surface area contributed by atoms with Crippen molar-refractivity contribution >= 4 is 40.3 Å². The lowest BCUT2D eigenvalue weighted by Gasteiger charge is -2.26. The van der Waals surface area contributed by atoms with Crippen LogP contribution in [0.2, 0.25) is 0 Å². The molecule has 4 aromatic rings. The van der Waals surface area contributed by atoms with E-state index in [1.807, 2.05) is 28.9 Å². The molecule has 2 N–H and O–H groups in total. The third kappa shape index (κ3) is 4.82. The van der Waals surface area contributed by atoms with Crippen molar-refractivity contribution < 1.29 is 14.7 Å². The molecule has 2 aliphatic heterocycles. The van der Waals surface area contributed by atoms with Crippen molar-refractivity contribution in [3.05, 3.63) is 79.5 Å². The molecule has 0 aliphatic carbocycles. The Balaban J connectivity index is 1.33. The summed E-state index contributed by atoms with van der Waals surface area (Å²) in [5, 5.41) is 18.3. The number of amides is 2. The Bertz CT molecular complexity index is 1790. The molecule has 218 valence electrons. The fraction of sp³-hybridized carbons (Fsp3) is 0.355. The van der Waals surface area contributed by atoms with Gasteiger partial charge in [0, 0.05) is 48.8 Å². The fourth-order valence-electron chi connectivity index (χ4n) is 5.60. The van der Waals surface area contributed by atoms with Crippen LogP contribution in [-0.4, -0.2) is 42.7 Å². The lowest BCUT2D eigenvalue weighted by atomic mass is 9.94. The third-order valence-corrected chi connectivity index (χ3v) is 9.51. The molecule has 11 heteroatoms. The van der Waals surface area contributed by atoms with E-state index in [-0.39, 0.29) is 29.4 Å². The van der Waals surface area contributed by atoms with E-state index in [1.54, 1.807) is 47.4 Å². The third-order valence-electron chi connectivity index (χ3n) is 7.92. The summed E-state index contributed by atoms with van der Waals surface area (Å²) < 4.78 is 3.34. The smallest absolute Gasteiger partial charge is 0.274 e. The van der Waals surface area contributed by atoms with Crippen LogP contribution in [0.25, 0.3) is 11.1 Å². The fourth-order valence-corrected chi connectivity index (χ4v) is 6.78. The van der Waals surface area contributed by atoms with Crippen LogP contribution in [0.15, 0.2) is 47.4 Å². The number of aryl methyl sites for hydroxylation is 1. The Morgan fingerprint density at radius 3 is 2.60 bits per heavy atom. The molecule has 1 aromatic carbocycles. The SMILES string of the molecule is CC(=O)N1CCn2nc(Nc3cc(-c4cccc(N5Cc6cc(C(C)(C)C)sc6C5=O)c4CO)cn(C)c3=O)cc2C1. The minimum absolute atomic E-state index is 0.0151. The first-order valence-corrected chi connectivity index (χ1v) is 14.7. The number of pyridine rings is 1. The van der Waals surface area contributed by atoms with Crippen molar-refractivity contribution in [2.24, 2.45) is 7.05 Å². The Labute approximate surface area is 247 Å². The van der Waals surface area contributed by atoms with Gasteiger partial charge in [-0.3, -0.25) is 19.1 Å². The standard InChI is InChI=1S/C31H34N6O4S/c1-18(39)35-9-10-37-21(16-35)13-27(33-37)32-24-11-19(14-34(5)29(24)40)22-7-6-8-25(23(22)17-38)36-15-20-12-26(31(2,3)4)42-28(20)30(36)41/h6-8,11-14,38H,9-10,15-17H2,1-5H3,(H,32,33). The molecule has 0 fully saturated rings. The van der Waals surface area contributed by atoms with Gasteiger partial charge in [0.05, 0.1) is 42.5 Å². The van der Waals surface area contributed by atoms with Crippen LogP contribution >= 0.6 is 11.3 Å². The summed E-state index contributed by atoms with van der Waals surface area (Å²) in [6, 6.07) is 11.3. The summed E-state index contributed by atoms with van der Waals surface area (Å²) in [5.41, 5.74) is 4.68. The normalized spacial score (nSPS) is 14.8. The molecule has 2 aliphatic rings. The Morgan fingerprint density at radius 1 is 1.12 bits per heavy atom. The summed E-state index contributed by atoms with van der Waals surface area (Å²) in [6.07, 6.45) is 1.73. The summed E-state index contributed by atoms with van der Waals surface area (Å²) in [7, 11) is 1.68. The van der Waals surface area contributed by atoms with Crippen LogP contribution in [0, 0.1) is 0 Å². The minimum Gasteiger partial charge on any atom is -0.392 e. The number of nitrogens with one attached hydrogen (secondary N) is 1. The number of carbonyl (C=O) groups is 2. The van der Waals surface area contributed by atoms with E-state index in [1.165, 1.54) is 9.44 Å². The highest BCUT2D eigenvalue weighted by Gasteiger charge is 2.34. The molecule has 6 rings (SSSR count). The summed E-state index contributed by atoms with van der Waals surface area (Å²) >= 11 is 1.54. The van der Waals surface area contributed by atoms with Gasteiger partial charge in [-0.05, 0) is 34.7 Å². The van der Waals surface area contributed by atoms with Crippen molar-refractivity contribution in [2.75, 3.05) is 16.8 Å². The van der Waals surface area contributed by atoms with Crippen LogP contribution in [0.5, 0.6) is 0 Å². The van der Waals surface area contributed by atoms with E-state index in [9.17, 15) is 19.5 Å².